The second-order valence-electron chi connectivity index (χ2n) is 7.58. The van der Waals surface area contributed by atoms with Gasteiger partial charge in [0.2, 0.25) is 11.6 Å². The Morgan fingerprint density at radius 3 is 2.30 bits per heavy atom. The zero-order valence-corrected chi connectivity index (χ0v) is 16.6. The molecule has 1 fully saturated rings. The Morgan fingerprint density at radius 2 is 1.57 bits per heavy atom. The van der Waals surface area contributed by atoms with Crippen LogP contribution in [0.3, 0.4) is 0 Å². The van der Waals surface area contributed by atoms with Crippen molar-refractivity contribution in [3.05, 3.63) is 71.2 Å². The minimum absolute atomic E-state index is 0.169. The van der Waals surface area contributed by atoms with E-state index >= 15 is 0 Å². The molecule has 2 aliphatic rings. The predicted octanol–water partition coefficient (Wildman–Crippen LogP) is 1.66. The van der Waals surface area contributed by atoms with Crippen LogP contribution in [0.2, 0.25) is 0 Å². The molecule has 8 nitrogen and oxygen atoms in total. The van der Waals surface area contributed by atoms with Crippen molar-refractivity contribution in [1.82, 2.24) is 24.9 Å². The number of nitrogens with zero attached hydrogens (tertiary/aromatic N) is 6. The van der Waals surface area contributed by atoms with Crippen molar-refractivity contribution in [2.45, 2.75) is 13.0 Å². The maximum Gasteiger partial charge on any atom is 0.216 e. The lowest BCUT2D eigenvalue weighted by Crippen LogP contribution is -2.47. The van der Waals surface area contributed by atoms with Gasteiger partial charge in [0.15, 0.2) is 5.69 Å². The summed E-state index contributed by atoms with van der Waals surface area (Å²) in [7, 11) is 0. The van der Waals surface area contributed by atoms with E-state index in [4.69, 9.17) is 0 Å². The molecule has 0 radical (unpaired) electrons. The molecule has 8 heteroatoms. The highest BCUT2D eigenvalue weighted by Gasteiger charge is 2.34. The third kappa shape index (κ3) is 3.29. The molecule has 1 aliphatic carbocycles. The Kier molecular flexibility index (Phi) is 4.84. The van der Waals surface area contributed by atoms with Crippen molar-refractivity contribution in [2.75, 3.05) is 37.6 Å². The number of carbonyl (C=O) groups is 2. The van der Waals surface area contributed by atoms with Crippen LogP contribution >= 0.6 is 0 Å². The number of hydrogen-bond donors (Lipinski definition) is 0. The number of benzene rings is 1. The topological polar surface area (TPSA) is 84.2 Å². The number of anilines is 1. The van der Waals surface area contributed by atoms with Gasteiger partial charge in [-0.15, -0.1) is 5.10 Å². The standard InChI is InChI=1S/C22H22N6O2/c29-21-16-6-1-2-7-17(16)22(30)20-19(21)24-25-28(20)11-5-10-26-12-14-27(15-13-26)18-8-3-4-9-23-18/h1-4,6-9H,5,10-15H2. The van der Waals surface area contributed by atoms with E-state index in [0.717, 1.165) is 45.0 Å². The molecule has 152 valence electrons. The molecule has 0 bridgehead atoms. The molecule has 0 N–H and O–H groups in total. The molecule has 0 atom stereocenters. The highest BCUT2D eigenvalue weighted by molar-refractivity contribution is 6.26. The van der Waals surface area contributed by atoms with Crippen molar-refractivity contribution in [2.24, 2.45) is 0 Å². The number of fused-ring (bicyclic) bond motifs is 2. The quantitative estimate of drug-likeness (QED) is 0.502. The summed E-state index contributed by atoms with van der Waals surface area (Å²) >= 11 is 0. The van der Waals surface area contributed by atoms with Gasteiger partial charge in [-0.2, -0.15) is 0 Å². The first-order valence-corrected chi connectivity index (χ1v) is 10.2. The Labute approximate surface area is 174 Å². The van der Waals surface area contributed by atoms with Gasteiger partial charge in [-0.1, -0.05) is 35.5 Å². The van der Waals surface area contributed by atoms with Crippen LogP contribution in [-0.4, -0.2) is 69.2 Å². The van der Waals surface area contributed by atoms with Crippen molar-refractivity contribution in [3.63, 3.8) is 0 Å². The number of ketones is 2. The van der Waals surface area contributed by atoms with Crippen LogP contribution < -0.4 is 4.90 Å². The van der Waals surface area contributed by atoms with E-state index in [9.17, 15) is 9.59 Å². The smallest absolute Gasteiger partial charge is 0.216 e. The van der Waals surface area contributed by atoms with Gasteiger partial charge >= 0.3 is 0 Å². The highest BCUT2D eigenvalue weighted by Crippen LogP contribution is 2.25. The molecule has 3 aromatic rings. The fourth-order valence-corrected chi connectivity index (χ4v) is 4.17. The van der Waals surface area contributed by atoms with Gasteiger partial charge in [-0.3, -0.25) is 14.5 Å². The fraction of sp³-hybridized carbons (Fsp3) is 0.318. The SMILES string of the molecule is O=C1c2ccccc2C(=O)c2c1nnn2CCCN1CCN(c2ccccn2)CC1. The van der Waals surface area contributed by atoms with Crippen molar-refractivity contribution < 1.29 is 9.59 Å². The number of rotatable bonds is 5. The molecule has 1 saturated heterocycles. The second-order valence-corrected chi connectivity index (χ2v) is 7.58. The summed E-state index contributed by atoms with van der Waals surface area (Å²) in [6.07, 6.45) is 2.66. The third-order valence-corrected chi connectivity index (χ3v) is 5.77. The number of hydrogen-bond acceptors (Lipinski definition) is 7. The largest absolute Gasteiger partial charge is 0.354 e. The molecule has 1 aromatic carbocycles. The Bertz CT molecular complexity index is 1090. The molecule has 2 aromatic heterocycles. The average molecular weight is 402 g/mol. The molecule has 0 saturated carbocycles. The molecule has 0 amide bonds. The van der Waals surface area contributed by atoms with Gasteiger partial charge in [-0.05, 0) is 18.6 Å². The maximum absolute atomic E-state index is 12.9. The molecular weight excluding hydrogens is 380 g/mol. The summed E-state index contributed by atoms with van der Waals surface area (Å²) < 4.78 is 1.59. The van der Waals surface area contributed by atoms with Crippen molar-refractivity contribution in [3.8, 4) is 0 Å². The van der Waals surface area contributed by atoms with Crippen LogP contribution in [0.4, 0.5) is 5.82 Å². The molecule has 5 rings (SSSR count). The highest BCUT2D eigenvalue weighted by atomic mass is 16.1. The average Bonchev–Trinajstić information content (AvgIpc) is 3.23. The molecule has 1 aliphatic heterocycles. The lowest BCUT2D eigenvalue weighted by atomic mass is 9.90. The first kappa shape index (κ1) is 18.6. The monoisotopic (exact) mass is 402 g/mol. The number of carbonyl (C=O) groups excluding carboxylic acids is 2. The van der Waals surface area contributed by atoms with Crippen molar-refractivity contribution >= 4 is 17.4 Å². The molecule has 0 unspecified atom stereocenters. The van der Waals surface area contributed by atoms with Gasteiger partial charge < -0.3 is 4.90 Å². The second kappa shape index (κ2) is 7.79. The van der Waals surface area contributed by atoms with E-state index in [-0.39, 0.29) is 17.3 Å². The van der Waals surface area contributed by atoms with Crippen LogP contribution in [0, 0.1) is 0 Å². The number of aromatic nitrogens is 4. The molecule has 30 heavy (non-hydrogen) atoms. The zero-order valence-electron chi connectivity index (χ0n) is 16.6. The van der Waals surface area contributed by atoms with E-state index in [2.05, 4.69) is 25.1 Å². The van der Waals surface area contributed by atoms with Crippen LogP contribution in [-0.2, 0) is 6.54 Å². The lowest BCUT2D eigenvalue weighted by molar-refractivity contribution is 0.0970. The van der Waals surface area contributed by atoms with Gasteiger partial charge in [0.1, 0.15) is 11.5 Å². The normalized spacial score (nSPS) is 16.5. The van der Waals surface area contributed by atoms with E-state index < -0.39 is 0 Å². The van der Waals surface area contributed by atoms with Crippen molar-refractivity contribution in [1.29, 1.82) is 0 Å². The van der Waals surface area contributed by atoms with E-state index in [1.165, 1.54) is 0 Å². The summed E-state index contributed by atoms with van der Waals surface area (Å²) in [5, 5.41) is 8.12. The summed E-state index contributed by atoms with van der Waals surface area (Å²) in [6, 6.07) is 12.9. The summed E-state index contributed by atoms with van der Waals surface area (Å²) in [6.45, 7) is 5.29. The minimum Gasteiger partial charge on any atom is -0.354 e. The minimum atomic E-state index is -0.225. The Hall–Kier alpha value is -3.39. The number of piperazine rings is 1. The Morgan fingerprint density at radius 1 is 0.833 bits per heavy atom. The first-order chi connectivity index (χ1) is 14.7. The first-order valence-electron chi connectivity index (χ1n) is 10.2. The fourth-order valence-electron chi connectivity index (χ4n) is 4.17. The summed E-state index contributed by atoms with van der Waals surface area (Å²) in [5.74, 6) is 0.626. The van der Waals surface area contributed by atoms with E-state index in [0.29, 0.717) is 23.4 Å². The predicted molar refractivity (Wildman–Crippen MR) is 111 cm³/mol. The summed E-state index contributed by atoms with van der Waals surface area (Å²) in [5.41, 5.74) is 1.33. The van der Waals surface area contributed by atoms with Gasteiger partial charge in [0.25, 0.3) is 0 Å². The van der Waals surface area contributed by atoms with Crippen LogP contribution in [0.5, 0.6) is 0 Å². The van der Waals surface area contributed by atoms with Gasteiger partial charge in [0.05, 0.1) is 0 Å². The maximum atomic E-state index is 12.9. The van der Waals surface area contributed by atoms with Crippen LogP contribution in [0.25, 0.3) is 0 Å². The number of pyridine rings is 1. The lowest BCUT2D eigenvalue weighted by Gasteiger charge is -2.35. The molecule has 3 heterocycles. The van der Waals surface area contributed by atoms with Gasteiger partial charge in [0, 0.05) is 56.6 Å². The summed E-state index contributed by atoms with van der Waals surface area (Å²) in [4.78, 5) is 34.7. The van der Waals surface area contributed by atoms with Crippen LogP contribution in [0.1, 0.15) is 38.5 Å². The molecule has 0 spiro atoms. The van der Waals surface area contributed by atoms with Crippen LogP contribution in [0.15, 0.2) is 48.7 Å². The molecular formula is C22H22N6O2. The van der Waals surface area contributed by atoms with E-state index in [1.807, 2.05) is 24.4 Å². The third-order valence-electron chi connectivity index (χ3n) is 5.77. The van der Waals surface area contributed by atoms with Gasteiger partial charge in [-0.25, -0.2) is 9.67 Å². The Balaban J connectivity index is 1.19. The van der Waals surface area contributed by atoms with E-state index in [1.54, 1.807) is 28.9 Å². The number of aryl methyl sites for hydroxylation is 1. The zero-order chi connectivity index (χ0) is 20.5.